The number of morpholine rings is 1. The number of ether oxygens (including phenoxy) is 1. The predicted molar refractivity (Wildman–Crippen MR) is 101 cm³/mol. The second kappa shape index (κ2) is 8.78. The highest BCUT2D eigenvalue weighted by Crippen LogP contribution is 2.19. The van der Waals surface area contributed by atoms with E-state index in [9.17, 15) is 9.18 Å². The van der Waals surface area contributed by atoms with E-state index in [1.165, 1.54) is 6.07 Å². The first-order chi connectivity index (χ1) is 12.6. The summed E-state index contributed by atoms with van der Waals surface area (Å²) >= 11 is 0. The molecule has 1 aliphatic rings. The second-order valence-corrected chi connectivity index (χ2v) is 6.46. The summed E-state index contributed by atoms with van der Waals surface area (Å²) in [6.07, 6.45) is 0. The third-order valence-corrected chi connectivity index (χ3v) is 4.34. The highest BCUT2D eigenvalue weighted by Gasteiger charge is 2.12. The van der Waals surface area contributed by atoms with Crippen molar-refractivity contribution in [1.82, 2.24) is 4.90 Å². The van der Waals surface area contributed by atoms with Crippen molar-refractivity contribution in [3.05, 3.63) is 59.9 Å². The maximum Gasteiger partial charge on any atom is 0.238 e. The molecule has 0 unspecified atom stereocenters. The molecule has 0 radical (unpaired) electrons. The molecule has 26 heavy (non-hydrogen) atoms. The van der Waals surface area contributed by atoms with Crippen LogP contribution >= 0.6 is 0 Å². The molecule has 0 aromatic heterocycles. The number of benzene rings is 2. The van der Waals surface area contributed by atoms with Gasteiger partial charge in [0.15, 0.2) is 0 Å². The molecule has 1 aliphatic heterocycles. The Morgan fingerprint density at radius 3 is 2.54 bits per heavy atom. The van der Waals surface area contributed by atoms with Gasteiger partial charge in [-0.3, -0.25) is 9.69 Å². The van der Waals surface area contributed by atoms with Crippen molar-refractivity contribution in [2.45, 2.75) is 6.54 Å². The average molecular weight is 357 g/mol. The number of carbonyl (C=O) groups excluding carboxylic acids is 1. The van der Waals surface area contributed by atoms with Crippen molar-refractivity contribution in [3.8, 4) is 0 Å². The number of rotatable bonds is 6. The second-order valence-electron chi connectivity index (χ2n) is 6.46. The fraction of sp³-hybridized carbons (Fsp3) is 0.350. The molecule has 2 aromatic carbocycles. The Morgan fingerprint density at radius 2 is 1.85 bits per heavy atom. The van der Waals surface area contributed by atoms with Crippen LogP contribution in [0.25, 0.3) is 0 Å². The summed E-state index contributed by atoms with van der Waals surface area (Å²) in [5.74, 6) is -0.374. The highest BCUT2D eigenvalue weighted by atomic mass is 19.1. The average Bonchev–Trinajstić information content (AvgIpc) is 2.65. The Morgan fingerprint density at radius 1 is 1.15 bits per heavy atom. The Labute approximate surface area is 153 Å². The monoisotopic (exact) mass is 357 g/mol. The molecule has 0 aliphatic carbocycles. The number of nitrogens with one attached hydrogen (secondary N) is 1. The molecule has 0 spiro atoms. The summed E-state index contributed by atoms with van der Waals surface area (Å²) in [5, 5.41) is 2.89. The van der Waals surface area contributed by atoms with Crippen LogP contribution < -0.4 is 10.2 Å². The van der Waals surface area contributed by atoms with Crippen LogP contribution in [0.5, 0.6) is 0 Å². The van der Waals surface area contributed by atoms with E-state index in [2.05, 4.69) is 10.2 Å². The Hall–Kier alpha value is -2.44. The number of anilines is 2. The smallest absolute Gasteiger partial charge is 0.238 e. The zero-order valence-corrected chi connectivity index (χ0v) is 15.0. The van der Waals surface area contributed by atoms with E-state index in [1.807, 2.05) is 24.3 Å². The van der Waals surface area contributed by atoms with E-state index < -0.39 is 0 Å². The van der Waals surface area contributed by atoms with E-state index >= 15 is 0 Å². The van der Waals surface area contributed by atoms with Crippen LogP contribution in [-0.4, -0.2) is 50.7 Å². The minimum atomic E-state index is -0.251. The third-order valence-electron chi connectivity index (χ3n) is 4.34. The topological polar surface area (TPSA) is 44.8 Å². The van der Waals surface area contributed by atoms with Gasteiger partial charge in [0.25, 0.3) is 0 Å². The predicted octanol–water partition coefficient (Wildman–Crippen LogP) is 2.73. The van der Waals surface area contributed by atoms with Gasteiger partial charge < -0.3 is 15.0 Å². The van der Waals surface area contributed by atoms with Gasteiger partial charge in [-0.1, -0.05) is 18.2 Å². The number of likely N-dealkylation sites (N-methyl/N-ethyl adjacent to an activating group) is 1. The van der Waals surface area contributed by atoms with Crippen LogP contribution in [0.3, 0.4) is 0 Å². The van der Waals surface area contributed by atoms with Gasteiger partial charge in [-0.25, -0.2) is 4.39 Å². The lowest BCUT2D eigenvalue weighted by atomic mass is 10.2. The van der Waals surface area contributed by atoms with Gasteiger partial charge >= 0.3 is 0 Å². The van der Waals surface area contributed by atoms with Crippen molar-refractivity contribution in [1.29, 1.82) is 0 Å². The van der Waals surface area contributed by atoms with Crippen molar-refractivity contribution >= 4 is 17.3 Å². The first-order valence-corrected chi connectivity index (χ1v) is 8.76. The minimum absolute atomic E-state index is 0.122. The minimum Gasteiger partial charge on any atom is -0.378 e. The van der Waals surface area contributed by atoms with Gasteiger partial charge in [0.2, 0.25) is 5.91 Å². The number of halogens is 1. The van der Waals surface area contributed by atoms with Gasteiger partial charge in [0.05, 0.1) is 19.8 Å². The third kappa shape index (κ3) is 5.03. The molecular formula is C20H24FN3O2. The Kier molecular flexibility index (Phi) is 6.20. The normalized spacial score (nSPS) is 14.5. The molecule has 138 valence electrons. The van der Waals surface area contributed by atoms with Gasteiger partial charge in [-0.05, 0) is 37.4 Å². The Balaban J connectivity index is 1.50. The quantitative estimate of drug-likeness (QED) is 0.863. The molecule has 1 amide bonds. The molecule has 2 aromatic rings. The number of amides is 1. The van der Waals surface area contributed by atoms with E-state index in [-0.39, 0.29) is 18.3 Å². The van der Waals surface area contributed by atoms with E-state index in [4.69, 9.17) is 4.74 Å². The summed E-state index contributed by atoms with van der Waals surface area (Å²) in [6, 6.07) is 14.4. The number of hydrogen-bond donors (Lipinski definition) is 1. The Bertz CT molecular complexity index is 730. The van der Waals surface area contributed by atoms with E-state index in [1.54, 1.807) is 30.1 Å². The lowest BCUT2D eigenvalue weighted by molar-refractivity contribution is -0.117. The molecular weight excluding hydrogens is 333 g/mol. The highest BCUT2D eigenvalue weighted by molar-refractivity contribution is 5.92. The van der Waals surface area contributed by atoms with Crippen molar-refractivity contribution < 1.29 is 13.9 Å². The van der Waals surface area contributed by atoms with E-state index in [0.29, 0.717) is 12.1 Å². The SMILES string of the molecule is CN(CC(=O)Nc1ccc(N2CCOCC2)cc1)Cc1ccccc1F. The molecule has 0 atom stereocenters. The lowest BCUT2D eigenvalue weighted by Gasteiger charge is -2.28. The van der Waals surface area contributed by atoms with Crippen LogP contribution in [0.2, 0.25) is 0 Å². The molecule has 1 heterocycles. The molecule has 1 fully saturated rings. The van der Waals surface area contributed by atoms with Crippen molar-refractivity contribution in [3.63, 3.8) is 0 Å². The summed E-state index contributed by atoms with van der Waals surface area (Å²) in [4.78, 5) is 16.3. The summed E-state index contributed by atoms with van der Waals surface area (Å²) in [6.45, 7) is 3.83. The molecule has 5 nitrogen and oxygen atoms in total. The molecule has 6 heteroatoms. The van der Waals surface area contributed by atoms with E-state index in [0.717, 1.165) is 37.7 Å². The van der Waals surface area contributed by atoms with Gasteiger partial charge in [0.1, 0.15) is 5.82 Å². The molecule has 1 N–H and O–H groups in total. The maximum absolute atomic E-state index is 13.7. The number of carbonyl (C=O) groups is 1. The number of nitrogens with zero attached hydrogens (tertiary/aromatic N) is 2. The summed E-state index contributed by atoms with van der Waals surface area (Å²) in [7, 11) is 1.80. The van der Waals surface area contributed by atoms with Gasteiger partial charge in [-0.15, -0.1) is 0 Å². The fourth-order valence-corrected chi connectivity index (χ4v) is 3.00. The first kappa shape index (κ1) is 18.4. The largest absolute Gasteiger partial charge is 0.378 e. The van der Waals surface area contributed by atoms with Gasteiger partial charge in [-0.2, -0.15) is 0 Å². The lowest BCUT2D eigenvalue weighted by Crippen LogP contribution is -2.36. The van der Waals surface area contributed by atoms with Crippen LogP contribution in [0, 0.1) is 5.82 Å². The first-order valence-electron chi connectivity index (χ1n) is 8.76. The maximum atomic E-state index is 13.7. The van der Waals surface area contributed by atoms with Crippen LogP contribution in [0.15, 0.2) is 48.5 Å². The standard InChI is InChI=1S/C20H24FN3O2/c1-23(14-16-4-2-3-5-19(16)21)15-20(25)22-17-6-8-18(9-7-17)24-10-12-26-13-11-24/h2-9H,10-15H2,1H3,(H,22,25). The molecule has 0 saturated carbocycles. The van der Waals surface area contributed by atoms with Crippen LogP contribution in [0.1, 0.15) is 5.56 Å². The van der Waals surface area contributed by atoms with Crippen molar-refractivity contribution in [2.75, 3.05) is 50.1 Å². The van der Waals surface area contributed by atoms with Crippen LogP contribution in [-0.2, 0) is 16.1 Å². The zero-order valence-electron chi connectivity index (χ0n) is 15.0. The zero-order chi connectivity index (χ0) is 18.4. The number of hydrogen-bond acceptors (Lipinski definition) is 4. The van der Waals surface area contributed by atoms with Crippen LogP contribution in [0.4, 0.5) is 15.8 Å². The molecule has 3 rings (SSSR count). The molecule has 0 bridgehead atoms. The summed E-state index contributed by atoms with van der Waals surface area (Å²) in [5.41, 5.74) is 2.46. The summed E-state index contributed by atoms with van der Waals surface area (Å²) < 4.78 is 19.0. The van der Waals surface area contributed by atoms with Crippen molar-refractivity contribution in [2.24, 2.45) is 0 Å². The molecule has 1 saturated heterocycles. The van der Waals surface area contributed by atoms with Gasteiger partial charge in [0, 0.05) is 36.6 Å². The fourth-order valence-electron chi connectivity index (χ4n) is 3.00.